The zero-order valence-electron chi connectivity index (χ0n) is 21.2. The van der Waals surface area contributed by atoms with Crippen LogP contribution in [0.1, 0.15) is 41.9 Å². The molecule has 0 amide bonds. The molecule has 1 heterocycles. The van der Waals surface area contributed by atoms with Crippen LogP contribution in [-0.4, -0.2) is 35.2 Å². The summed E-state index contributed by atoms with van der Waals surface area (Å²) in [4.78, 5) is 23.1. The second-order valence-electron chi connectivity index (χ2n) is 7.31. The zero-order chi connectivity index (χ0) is 26.6. The number of fused-ring (bicyclic) bond motifs is 1. The largest absolute Gasteiger partial charge is 0.483 e. The van der Waals surface area contributed by atoms with Gasteiger partial charge in [0.25, 0.3) is 6.47 Å². The number of aromatic nitrogens is 1. The molecular formula is C29H38N3O3+. The Morgan fingerprint density at radius 2 is 1.71 bits per heavy atom. The van der Waals surface area contributed by atoms with Crippen LogP contribution in [0, 0.1) is 6.92 Å². The SMILES string of the molecule is C=C/C(=C\C=[NH+]C)CC.C=CN.CC(=O)c1cc2ccccc2n1Cc1ccc(C)cc1.O=CO. The molecule has 0 atom stereocenters. The zero-order valence-corrected chi connectivity index (χ0v) is 21.2. The summed E-state index contributed by atoms with van der Waals surface area (Å²) in [5, 5.41) is 8.00. The molecule has 0 unspecified atom stereocenters. The highest BCUT2D eigenvalue weighted by Crippen LogP contribution is 2.21. The van der Waals surface area contributed by atoms with E-state index in [2.05, 4.69) is 72.6 Å². The number of allylic oxidation sites excluding steroid dienone is 3. The highest BCUT2D eigenvalue weighted by atomic mass is 16.3. The van der Waals surface area contributed by atoms with Gasteiger partial charge in [0.15, 0.2) is 12.0 Å². The molecule has 0 saturated carbocycles. The summed E-state index contributed by atoms with van der Waals surface area (Å²) >= 11 is 0. The van der Waals surface area contributed by atoms with Crippen molar-refractivity contribution in [2.45, 2.75) is 33.7 Å². The number of hydrogen-bond donors (Lipinski definition) is 3. The lowest BCUT2D eigenvalue weighted by Gasteiger charge is -2.09. The second kappa shape index (κ2) is 18.3. The van der Waals surface area contributed by atoms with Gasteiger partial charge in [-0.3, -0.25) is 14.6 Å². The lowest BCUT2D eigenvalue weighted by molar-refractivity contribution is -0.413. The van der Waals surface area contributed by atoms with Crippen molar-refractivity contribution in [2.24, 2.45) is 5.73 Å². The van der Waals surface area contributed by atoms with Crippen molar-refractivity contribution in [1.82, 2.24) is 4.57 Å². The number of aryl methyl sites for hydroxylation is 1. The number of nitrogens with two attached hydrogens (primary N) is 1. The Morgan fingerprint density at radius 1 is 1.14 bits per heavy atom. The fraction of sp³-hybridized carbons (Fsp3) is 0.207. The Hall–Kier alpha value is -4.19. The van der Waals surface area contributed by atoms with E-state index in [1.54, 1.807) is 6.92 Å². The number of carbonyl (C=O) groups is 2. The molecule has 0 fully saturated rings. The van der Waals surface area contributed by atoms with Crippen molar-refractivity contribution in [3.63, 3.8) is 0 Å². The standard InChI is InChI=1S/C18H17NO.C8H13N.C2H5N.CH2O2/c1-13-7-9-15(10-8-13)12-19-17-6-4-3-5-16(17)11-18(19)14(2)20;1-4-8(5-2)6-7-9-3;1-2-3;2-1-3/h3-11H,12H2,1-2H3;4,6-7H,1,5H2,2-3H3;2H,1,3H2;1H,(H,2,3)/p+1/b;8-6+,9-7?;;. The molecule has 6 heteroatoms. The van der Waals surface area contributed by atoms with Gasteiger partial charge in [0, 0.05) is 30.4 Å². The number of carboxylic acid groups (broad SMARTS) is 1. The molecule has 3 aromatic rings. The fourth-order valence-corrected chi connectivity index (χ4v) is 3.07. The van der Waals surface area contributed by atoms with E-state index >= 15 is 0 Å². The van der Waals surface area contributed by atoms with Gasteiger partial charge in [0.2, 0.25) is 0 Å². The number of benzene rings is 2. The maximum atomic E-state index is 11.9. The molecular weight excluding hydrogens is 438 g/mol. The van der Waals surface area contributed by atoms with Gasteiger partial charge in [-0.25, -0.2) is 0 Å². The fourth-order valence-electron chi connectivity index (χ4n) is 3.07. The second-order valence-corrected chi connectivity index (χ2v) is 7.31. The molecule has 3 rings (SSSR count). The van der Waals surface area contributed by atoms with Crippen LogP contribution in [0.15, 0.2) is 91.7 Å². The first-order valence-corrected chi connectivity index (χ1v) is 11.2. The summed E-state index contributed by atoms with van der Waals surface area (Å²) in [6.45, 7) is 13.1. The minimum Gasteiger partial charge on any atom is -0.483 e. The summed E-state index contributed by atoms with van der Waals surface area (Å²) in [7, 11) is 1.88. The third-order valence-corrected chi connectivity index (χ3v) is 4.77. The van der Waals surface area contributed by atoms with Crippen molar-refractivity contribution >= 4 is 29.4 Å². The van der Waals surface area contributed by atoms with Crippen LogP contribution in [0.4, 0.5) is 0 Å². The van der Waals surface area contributed by atoms with E-state index in [1.807, 2.05) is 49.7 Å². The maximum Gasteiger partial charge on any atom is 0.290 e. The Labute approximate surface area is 208 Å². The third kappa shape index (κ3) is 11.5. The van der Waals surface area contributed by atoms with Gasteiger partial charge in [0.05, 0.1) is 5.69 Å². The van der Waals surface area contributed by atoms with Crippen molar-refractivity contribution < 1.29 is 19.7 Å². The minimum atomic E-state index is -0.250. The summed E-state index contributed by atoms with van der Waals surface area (Å²) in [5.74, 6) is 0.105. The number of hydrogen-bond acceptors (Lipinski definition) is 3. The lowest BCUT2D eigenvalue weighted by Crippen LogP contribution is -2.62. The summed E-state index contributed by atoms with van der Waals surface area (Å²) in [6, 6.07) is 18.6. The van der Waals surface area contributed by atoms with Gasteiger partial charge in [-0.2, -0.15) is 0 Å². The average molecular weight is 477 g/mol. The minimum absolute atomic E-state index is 0.105. The molecule has 4 N–H and O–H groups in total. The molecule has 186 valence electrons. The number of Topliss-reactive ketones (excluding diaryl/α,β-unsaturated/α-hetero) is 1. The molecule has 2 aromatic carbocycles. The van der Waals surface area contributed by atoms with Crippen molar-refractivity contribution in [1.29, 1.82) is 0 Å². The molecule has 0 radical (unpaired) electrons. The van der Waals surface area contributed by atoms with Gasteiger partial charge in [-0.1, -0.05) is 74.2 Å². The van der Waals surface area contributed by atoms with Gasteiger partial charge in [-0.05, 0) is 42.8 Å². The van der Waals surface area contributed by atoms with Crippen molar-refractivity contribution in [3.8, 4) is 0 Å². The van der Waals surface area contributed by atoms with Crippen LogP contribution < -0.4 is 10.7 Å². The molecule has 0 saturated heterocycles. The van der Waals surface area contributed by atoms with E-state index < -0.39 is 0 Å². The first kappa shape index (κ1) is 30.8. The van der Waals surface area contributed by atoms with Crippen LogP contribution in [0.25, 0.3) is 10.9 Å². The molecule has 0 aliphatic heterocycles. The number of rotatable bonds is 6. The number of para-hydroxylation sites is 1. The lowest BCUT2D eigenvalue weighted by atomic mass is 10.1. The summed E-state index contributed by atoms with van der Waals surface area (Å²) in [6.07, 6.45) is 8.09. The van der Waals surface area contributed by atoms with Crippen LogP contribution in [-0.2, 0) is 11.3 Å². The van der Waals surface area contributed by atoms with E-state index in [4.69, 9.17) is 9.90 Å². The maximum absolute atomic E-state index is 11.9. The Balaban J connectivity index is 0.000000646. The molecule has 1 aromatic heterocycles. The molecule has 35 heavy (non-hydrogen) atoms. The topological polar surface area (TPSA) is 99.3 Å². The molecule has 6 nitrogen and oxygen atoms in total. The van der Waals surface area contributed by atoms with E-state index in [0.29, 0.717) is 0 Å². The van der Waals surface area contributed by atoms with E-state index in [1.165, 1.54) is 22.9 Å². The Kier molecular flexibility index (Phi) is 16.1. The van der Waals surface area contributed by atoms with Gasteiger partial charge < -0.3 is 15.4 Å². The third-order valence-electron chi connectivity index (χ3n) is 4.77. The van der Waals surface area contributed by atoms with Gasteiger partial charge in [0.1, 0.15) is 7.05 Å². The van der Waals surface area contributed by atoms with E-state index in [-0.39, 0.29) is 12.3 Å². The van der Waals surface area contributed by atoms with Crippen molar-refractivity contribution in [2.75, 3.05) is 7.05 Å². The van der Waals surface area contributed by atoms with Crippen molar-refractivity contribution in [3.05, 3.63) is 109 Å². The molecule has 0 aliphatic rings. The van der Waals surface area contributed by atoms with E-state index in [0.717, 1.165) is 29.6 Å². The van der Waals surface area contributed by atoms with Crippen LogP contribution >= 0.6 is 0 Å². The number of ketones is 1. The Morgan fingerprint density at radius 3 is 2.20 bits per heavy atom. The highest BCUT2D eigenvalue weighted by molar-refractivity contribution is 5.98. The number of carbonyl (C=O) groups excluding carboxylic acids is 1. The van der Waals surface area contributed by atoms with E-state index in [9.17, 15) is 4.79 Å². The predicted octanol–water partition coefficient (Wildman–Crippen LogP) is 4.28. The summed E-state index contributed by atoms with van der Waals surface area (Å²) in [5.41, 5.74) is 10.2. The van der Waals surface area contributed by atoms with Crippen LogP contribution in [0.3, 0.4) is 0 Å². The first-order valence-electron chi connectivity index (χ1n) is 11.2. The normalized spacial score (nSPS) is 10.1. The highest BCUT2D eigenvalue weighted by Gasteiger charge is 2.12. The van der Waals surface area contributed by atoms with Gasteiger partial charge >= 0.3 is 0 Å². The van der Waals surface area contributed by atoms with Crippen LogP contribution in [0.2, 0.25) is 0 Å². The molecule has 0 spiro atoms. The average Bonchev–Trinajstić information content (AvgIpc) is 3.21. The summed E-state index contributed by atoms with van der Waals surface area (Å²) < 4.78 is 2.10. The van der Waals surface area contributed by atoms with Gasteiger partial charge in [-0.15, -0.1) is 0 Å². The predicted molar refractivity (Wildman–Crippen MR) is 147 cm³/mol. The number of nitrogens with one attached hydrogen (secondary N) is 1. The quantitative estimate of drug-likeness (QED) is 0.214. The molecule has 0 aliphatic carbocycles. The first-order chi connectivity index (χ1) is 16.8. The monoisotopic (exact) mass is 476 g/mol. The molecule has 0 bridgehead atoms. The van der Waals surface area contributed by atoms with Crippen LogP contribution in [0.5, 0.6) is 0 Å². The Bertz CT molecular complexity index is 1120. The smallest absolute Gasteiger partial charge is 0.290 e. The number of nitrogens with zero attached hydrogens (tertiary/aromatic N) is 1.